The number of hydrogen-bond donors (Lipinski definition) is 0. The van der Waals surface area contributed by atoms with Gasteiger partial charge in [0.2, 0.25) is 0 Å². The predicted octanol–water partition coefficient (Wildman–Crippen LogP) is 4.85. The Morgan fingerprint density at radius 2 is 1.75 bits per heavy atom. The first-order valence-corrected chi connectivity index (χ1v) is 6.71. The Balaban J connectivity index is 2.61. The van der Waals surface area contributed by atoms with Gasteiger partial charge in [0, 0.05) is 5.92 Å². The zero-order chi connectivity index (χ0) is 11.9. The van der Waals surface area contributed by atoms with Gasteiger partial charge in [-0.3, -0.25) is 0 Å². The molecule has 0 amide bonds. The summed E-state index contributed by atoms with van der Waals surface area (Å²) < 4.78 is 1.33. The molecule has 1 aromatic heterocycles. The van der Waals surface area contributed by atoms with Crippen LogP contribution in [0.25, 0.3) is 10.2 Å². The molecule has 0 aliphatic rings. The largest absolute Gasteiger partial charge is 0.241 e. The number of aryl methyl sites for hydroxylation is 1. The molecule has 2 rings (SSSR count). The number of fused-ring (bicyclic) bond motifs is 1. The summed E-state index contributed by atoms with van der Waals surface area (Å²) in [5, 5.41) is 1.25. The molecule has 0 radical (unpaired) electrons. The van der Waals surface area contributed by atoms with E-state index in [1.165, 1.54) is 20.8 Å². The molecule has 0 aliphatic heterocycles. The van der Waals surface area contributed by atoms with E-state index in [0.29, 0.717) is 11.8 Å². The van der Waals surface area contributed by atoms with Crippen molar-refractivity contribution in [1.29, 1.82) is 0 Å². The quantitative estimate of drug-likeness (QED) is 0.722. The molecule has 0 aliphatic carbocycles. The van der Waals surface area contributed by atoms with E-state index in [1.54, 1.807) is 0 Å². The minimum atomic E-state index is 0.528. The molecule has 0 N–H and O–H groups in total. The monoisotopic (exact) mass is 233 g/mol. The number of thiazole rings is 1. The highest BCUT2D eigenvalue weighted by Gasteiger charge is 2.11. The molecule has 86 valence electrons. The first kappa shape index (κ1) is 11.6. The third kappa shape index (κ3) is 1.99. The molecular formula is C14H19NS. The van der Waals surface area contributed by atoms with E-state index < -0.39 is 0 Å². The maximum Gasteiger partial charge on any atom is 0.0963 e. The van der Waals surface area contributed by atoms with Gasteiger partial charge in [-0.25, -0.2) is 4.98 Å². The van der Waals surface area contributed by atoms with Gasteiger partial charge in [-0.1, -0.05) is 27.7 Å². The van der Waals surface area contributed by atoms with Crippen molar-refractivity contribution in [3.63, 3.8) is 0 Å². The summed E-state index contributed by atoms with van der Waals surface area (Å²) in [6.07, 6.45) is 0. The maximum atomic E-state index is 4.69. The smallest absolute Gasteiger partial charge is 0.0963 e. The first-order valence-electron chi connectivity index (χ1n) is 5.90. The molecule has 0 bridgehead atoms. The van der Waals surface area contributed by atoms with Gasteiger partial charge in [0.25, 0.3) is 0 Å². The Bertz CT molecular complexity index is 509. The van der Waals surface area contributed by atoms with Crippen molar-refractivity contribution in [2.24, 2.45) is 0 Å². The van der Waals surface area contributed by atoms with Crippen molar-refractivity contribution in [3.8, 4) is 0 Å². The van der Waals surface area contributed by atoms with Gasteiger partial charge in [-0.15, -0.1) is 11.3 Å². The van der Waals surface area contributed by atoms with E-state index in [2.05, 4.69) is 46.8 Å². The molecule has 0 unspecified atom stereocenters. The van der Waals surface area contributed by atoms with E-state index in [-0.39, 0.29) is 0 Å². The van der Waals surface area contributed by atoms with E-state index in [0.717, 1.165) is 5.52 Å². The van der Waals surface area contributed by atoms with Crippen LogP contribution in [0.5, 0.6) is 0 Å². The molecule has 0 spiro atoms. The maximum absolute atomic E-state index is 4.69. The number of benzene rings is 1. The average Bonchev–Trinajstić information content (AvgIpc) is 2.58. The molecule has 1 heterocycles. The molecular weight excluding hydrogens is 214 g/mol. The third-order valence-electron chi connectivity index (χ3n) is 2.91. The number of rotatable bonds is 2. The van der Waals surface area contributed by atoms with Crippen LogP contribution in [0.2, 0.25) is 0 Å². The fourth-order valence-electron chi connectivity index (χ4n) is 1.98. The normalized spacial score (nSPS) is 11.9. The Labute approximate surface area is 102 Å². The minimum Gasteiger partial charge on any atom is -0.241 e. The second kappa shape index (κ2) is 4.17. The highest BCUT2D eigenvalue weighted by Crippen LogP contribution is 2.31. The summed E-state index contributed by atoms with van der Waals surface area (Å²) in [5.74, 6) is 1.12. The summed E-state index contributed by atoms with van der Waals surface area (Å²) in [5.41, 5.74) is 3.98. The van der Waals surface area contributed by atoms with E-state index in [1.807, 2.05) is 11.3 Å². The molecule has 1 nitrogen and oxygen atoms in total. The SMILES string of the molecule is Cc1cc2nc(C(C)C)sc2cc1C(C)C. The summed E-state index contributed by atoms with van der Waals surface area (Å²) >= 11 is 1.83. The Morgan fingerprint density at radius 3 is 2.31 bits per heavy atom. The molecule has 16 heavy (non-hydrogen) atoms. The molecule has 2 aromatic rings. The van der Waals surface area contributed by atoms with Gasteiger partial charge in [0.1, 0.15) is 0 Å². The molecule has 0 atom stereocenters. The van der Waals surface area contributed by atoms with Crippen molar-refractivity contribution in [2.45, 2.75) is 46.5 Å². The fourth-order valence-corrected chi connectivity index (χ4v) is 2.98. The lowest BCUT2D eigenvalue weighted by atomic mass is 9.98. The molecule has 2 heteroatoms. The van der Waals surface area contributed by atoms with Gasteiger partial charge in [0.05, 0.1) is 15.2 Å². The Hall–Kier alpha value is -0.890. The molecule has 0 saturated heterocycles. The van der Waals surface area contributed by atoms with Crippen LogP contribution in [0.15, 0.2) is 12.1 Å². The lowest BCUT2D eigenvalue weighted by Crippen LogP contribution is -1.91. The van der Waals surface area contributed by atoms with Gasteiger partial charge in [-0.2, -0.15) is 0 Å². The Morgan fingerprint density at radius 1 is 1.06 bits per heavy atom. The average molecular weight is 233 g/mol. The van der Waals surface area contributed by atoms with Crippen molar-refractivity contribution in [2.75, 3.05) is 0 Å². The highest BCUT2D eigenvalue weighted by molar-refractivity contribution is 7.18. The standard InChI is InChI=1S/C14H19NS/c1-8(2)11-7-13-12(6-10(11)5)15-14(16-13)9(3)4/h6-9H,1-5H3. The van der Waals surface area contributed by atoms with Gasteiger partial charge in [0.15, 0.2) is 0 Å². The van der Waals surface area contributed by atoms with Gasteiger partial charge in [-0.05, 0) is 36.1 Å². The van der Waals surface area contributed by atoms with E-state index in [4.69, 9.17) is 4.98 Å². The fraction of sp³-hybridized carbons (Fsp3) is 0.500. The van der Waals surface area contributed by atoms with Crippen molar-refractivity contribution < 1.29 is 0 Å². The summed E-state index contributed by atoms with van der Waals surface area (Å²) in [7, 11) is 0. The van der Waals surface area contributed by atoms with Gasteiger partial charge < -0.3 is 0 Å². The van der Waals surface area contributed by atoms with Gasteiger partial charge >= 0.3 is 0 Å². The van der Waals surface area contributed by atoms with Crippen LogP contribution < -0.4 is 0 Å². The van der Waals surface area contributed by atoms with Crippen LogP contribution in [0, 0.1) is 6.92 Å². The molecule has 1 aromatic carbocycles. The second-order valence-corrected chi connectivity index (χ2v) is 6.10. The third-order valence-corrected chi connectivity index (χ3v) is 4.23. The van der Waals surface area contributed by atoms with Crippen LogP contribution in [0.4, 0.5) is 0 Å². The van der Waals surface area contributed by atoms with Crippen LogP contribution in [-0.4, -0.2) is 4.98 Å². The lowest BCUT2D eigenvalue weighted by molar-refractivity contribution is 0.854. The van der Waals surface area contributed by atoms with Crippen molar-refractivity contribution >= 4 is 21.6 Å². The van der Waals surface area contributed by atoms with Crippen LogP contribution >= 0.6 is 11.3 Å². The summed E-state index contributed by atoms with van der Waals surface area (Å²) in [4.78, 5) is 4.69. The number of hydrogen-bond acceptors (Lipinski definition) is 2. The van der Waals surface area contributed by atoms with E-state index >= 15 is 0 Å². The molecule has 0 saturated carbocycles. The van der Waals surface area contributed by atoms with E-state index in [9.17, 15) is 0 Å². The molecule has 0 fully saturated rings. The minimum absolute atomic E-state index is 0.528. The zero-order valence-corrected chi connectivity index (χ0v) is 11.5. The number of aromatic nitrogens is 1. The highest BCUT2D eigenvalue weighted by atomic mass is 32.1. The second-order valence-electron chi connectivity index (χ2n) is 5.04. The lowest BCUT2D eigenvalue weighted by Gasteiger charge is -2.08. The van der Waals surface area contributed by atoms with Crippen LogP contribution in [0.1, 0.15) is 55.7 Å². The first-order chi connectivity index (χ1) is 7.49. The van der Waals surface area contributed by atoms with Crippen molar-refractivity contribution in [1.82, 2.24) is 4.98 Å². The Kier molecular flexibility index (Phi) is 3.02. The zero-order valence-electron chi connectivity index (χ0n) is 10.7. The topological polar surface area (TPSA) is 12.9 Å². The number of nitrogens with zero attached hydrogens (tertiary/aromatic N) is 1. The van der Waals surface area contributed by atoms with Crippen LogP contribution in [-0.2, 0) is 0 Å². The summed E-state index contributed by atoms with van der Waals surface area (Å²) in [6, 6.07) is 4.55. The predicted molar refractivity (Wildman–Crippen MR) is 72.5 cm³/mol. The van der Waals surface area contributed by atoms with Crippen LogP contribution in [0.3, 0.4) is 0 Å². The summed E-state index contributed by atoms with van der Waals surface area (Å²) in [6.45, 7) is 11.1. The van der Waals surface area contributed by atoms with Crippen molar-refractivity contribution in [3.05, 3.63) is 28.3 Å².